The van der Waals surface area contributed by atoms with Gasteiger partial charge in [0.05, 0.1) is 31.4 Å². The van der Waals surface area contributed by atoms with E-state index in [1.165, 1.54) is 32.5 Å². The van der Waals surface area contributed by atoms with Crippen LogP contribution in [0.15, 0.2) is 47.6 Å². The van der Waals surface area contributed by atoms with Crippen molar-refractivity contribution in [1.29, 1.82) is 0 Å². The molecule has 0 saturated heterocycles. The van der Waals surface area contributed by atoms with Crippen LogP contribution in [-0.4, -0.2) is 48.4 Å². The number of carbonyl (C=O) groups excluding carboxylic acids is 1. The summed E-state index contributed by atoms with van der Waals surface area (Å²) in [5, 5.41) is 6.30. The Balaban J connectivity index is 1.84. The van der Waals surface area contributed by atoms with Gasteiger partial charge in [0.25, 0.3) is 10.0 Å². The van der Waals surface area contributed by atoms with Crippen LogP contribution >= 0.6 is 0 Å². The zero-order valence-electron chi connectivity index (χ0n) is 15.8. The van der Waals surface area contributed by atoms with E-state index in [1.807, 2.05) is 4.72 Å². The second-order valence-corrected chi connectivity index (χ2v) is 7.39. The van der Waals surface area contributed by atoms with Crippen LogP contribution in [0.3, 0.4) is 0 Å². The Morgan fingerprint density at radius 3 is 2.34 bits per heavy atom. The van der Waals surface area contributed by atoms with Crippen molar-refractivity contribution in [3.05, 3.63) is 42.7 Å². The van der Waals surface area contributed by atoms with Crippen LogP contribution in [0.2, 0.25) is 0 Å². The summed E-state index contributed by atoms with van der Waals surface area (Å²) in [5.74, 6) is 0.0864. The molecular weight excluding hydrogens is 400 g/mol. The largest absolute Gasteiger partial charge is 0.481 e. The van der Waals surface area contributed by atoms with Gasteiger partial charge in [0.1, 0.15) is 0 Å². The number of anilines is 1. The highest BCUT2D eigenvalue weighted by atomic mass is 32.2. The molecule has 3 aromatic rings. The molecule has 0 atom stereocenters. The average Bonchev–Trinajstić information content (AvgIpc) is 3.13. The molecule has 0 radical (unpaired) electrons. The first-order valence-electron chi connectivity index (χ1n) is 8.21. The Morgan fingerprint density at radius 1 is 1.10 bits per heavy atom. The zero-order chi connectivity index (χ0) is 21.0. The van der Waals surface area contributed by atoms with E-state index in [0.717, 1.165) is 0 Å². The van der Waals surface area contributed by atoms with E-state index < -0.39 is 16.1 Å². The molecule has 2 N–H and O–H groups in total. The summed E-state index contributed by atoms with van der Waals surface area (Å²) in [5.41, 5.74) is 0.995. The Bertz CT molecular complexity index is 1120. The molecule has 2 aromatic heterocycles. The van der Waals surface area contributed by atoms with Gasteiger partial charge in [-0.05, 0) is 6.07 Å². The maximum Gasteiger partial charge on any atom is 0.335 e. The van der Waals surface area contributed by atoms with Gasteiger partial charge in [-0.3, -0.25) is 10.00 Å². The zero-order valence-corrected chi connectivity index (χ0v) is 16.6. The minimum absolute atomic E-state index is 0.0766. The number of amides is 2. The van der Waals surface area contributed by atoms with Gasteiger partial charge in [0.2, 0.25) is 17.7 Å². The molecule has 0 aliphatic rings. The number of sulfonamides is 1. The van der Waals surface area contributed by atoms with Crippen molar-refractivity contribution in [2.75, 3.05) is 19.5 Å². The molecule has 1 aromatic carbocycles. The van der Waals surface area contributed by atoms with Crippen LogP contribution in [0.4, 0.5) is 10.7 Å². The van der Waals surface area contributed by atoms with E-state index in [4.69, 9.17) is 9.47 Å². The molecule has 12 heteroatoms. The molecule has 0 aliphatic heterocycles. The summed E-state index contributed by atoms with van der Waals surface area (Å²) in [6.45, 7) is 0. The van der Waals surface area contributed by atoms with Gasteiger partial charge < -0.3 is 9.47 Å². The van der Waals surface area contributed by atoms with Gasteiger partial charge in [-0.2, -0.15) is 15.1 Å². The third-order valence-electron chi connectivity index (χ3n) is 3.74. The molecule has 3 rings (SSSR count). The van der Waals surface area contributed by atoms with Gasteiger partial charge in [-0.1, -0.05) is 18.2 Å². The molecule has 2 amide bonds. The highest BCUT2D eigenvalue weighted by molar-refractivity contribution is 7.90. The quantitative estimate of drug-likeness (QED) is 0.613. The van der Waals surface area contributed by atoms with E-state index in [1.54, 1.807) is 36.1 Å². The molecule has 152 valence electrons. The SMILES string of the molecule is COc1cc(OC)nc(NC(=O)NS(=O)(=O)c2ccccc2-c2cnn(C)c2)n1. The maximum absolute atomic E-state index is 12.8. The monoisotopic (exact) mass is 418 g/mol. The molecule has 0 unspecified atom stereocenters. The van der Waals surface area contributed by atoms with Crippen molar-refractivity contribution in [3.8, 4) is 22.9 Å². The van der Waals surface area contributed by atoms with Crippen LogP contribution in [0.1, 0.15) is 0 Å². The molecule has 0 fully saturated rings. The van der Waals surface area contributed by atoms with Crippen LogP contribution in [-0.2, 0) is 17.1 Å². The topological polar surface area (TPSA) is 137 Å². The lowest BCUT2D eigenvalue weighted by Gasteiger charge is -2.11. The number of ether oxygens (including phenoxy) is 2. The molecule has 0 spiro atoms. The first-order valence-corrected chi connectivity index (χ1v) is 9.69. The minimum Gasteiger partial charge on any atom is -0.481 e. The van der Waals surface area contributed by atoms with Crippen LogP contribution in [0, 0.1) is 0 Å². The summed E-state index contributed by atoms with van der Waals surface area (Å²) in [7, 11) is 0.280. The third-order valence-corrected chi connectivity index (χ3v) is 5.13. The fraction of sp³-hybridized carbons (Fsp3) is 0.176. The molecule has 2 heterocycles. The van der Waals surface area contributed by atoms with Crippen molar-refractivity contribution >= 4 is 22.0 Å². The van der Waals surface area contributed by atoms with Crippen LogP contribution in [0.5, 0.6) is 11.8 Å². The number of benzene rings is 1. The normalized spacial score (nSPS) is 11.0. The molecule has 0 saturated carbocycles. The number of nitrogens with zero attached hydrogens (tertiary/aromatic N) is 4. The van der Waals surface area contributed by atoms with Crippen molar-refractivity contribution in [1.82, 2.24) is 24.5 Å². The van der Waals surface area contributed by atoms with Gasteiger partial charge >= 0.3 is 6.03 Å². The highest BCUT2D eigenvalue weighted by Gasteiger charge is 2.23. The first-order chi connectivity index (χ1) is 13.8. The minimum atomic E-state index is -4.20. The van der Waals surface area contributed by atoms with Gasteiger partial charge in [0.15, 0.2) is 0 Å². The smallest absolute Gasteiger partial charge is 0.335 e. The lowest BCUT2D eigenvalue weighted by Crippen LogP contribution is -2.35. The highest BCUT2D eigenvalue weighted by Crippen LogP contribution is 2.26. The van der Waals surface area contributed by atoms with Gasteiger partial charge in [-0.15, -0.1) is 0 Å². The second-order valence-electron chi connectivity index (χ2n) is 5.73. The molecular formula is C17H18N6O5S. The summed E-state index contributed by atoms with van der Waals surface area (Å²) in [6.07, 6.45) is 3.20. The lowest BCUT2D eigenvalue weighted by atomic mass is 10.1. The predicted molar refractivity (Wildman–Crippen MR) is 103 cm³/mol. The molecule has 29 heavy (non-hydrogen) atoms. The Labute approximate surface area is 166 Å². The van der Waals surface area contributed by atoms with Gasteiger partial charge in [-0.25, -0.2) is 17.9 Å². The summed E-state index contributed by atoms with van der Waals surface area (Å²) >= 11 is 0. The summed E-state index contributed by atoms with van der Waals surface area (Å²) in [4.78, 5) is 20.0. The van der Waals surface area contributed by atoms with Crippen molar-refractivity contribution in [2.45, 2.75) is 4.90 Å². The Hall–Kier alpha value is -3.67. The van der Waals surface area contributed by atoms with Crippen LogP contribution < -0.4 is 19.5 Å². The Morgan fingerprint density at radius 2 is 1.76 bits per heavy atom. The Kier molecular flexibility index (Phi) is 5.64. The number of urea groups is 1. The number of nitrogens with one attached hydrogen (secondary N) is 2. The van der Waals surface area contributed by atoms with Crippen molar-refractivity contribution in [3.63, 3.8) is 0 Å². The number of carbonyl (C=O) groups is 1. The molecule has 11 nitrogen and oxygen atoms in total. The van der Waals surface area contributed by atoms with Crippen LogP contribution in [0.25, 0.3) is 11.1 Å². The van der Waals surface area contributed by atoms with Crippen molar-refractivity contribution < 1.29 is 22.7 Å². The first kappa shape index (κ1) is 20.1. The summed E-state index contributed by atoms with van der Waals surface area (Å²) < 4.78 is 39.0. The number of hydrogen-bond donors (Lipinski definition) is 2. The average molecular weight is 418 g/mol. The predicted octanol–water partition coefficient (Wildman–Crippen LogP) is 1.40. The molecule has 0 aliphatic carbocycles. The number of methoxy groups -OCH3 is 2. The van der Waals surface area contributed by atoms with Crippen molar-refractivity contribution in [2.24, 2.45) is 7.05 Å². The fourth-order valence-electron chi connectivity index (χ4n) is 2.47. The number of rotatable bonds is 6. The number of aromatic nitrogens is 4. The lowest BCUT2D eigenvalue weighted by molar-refractivity contribution is 0.256. The number of hydrogen-bond acceptors (Lipinski definition) is 8. The van der Waals surface area contributed by atoms with E-state index in [2.05, 4.69) is 20.4 Å². The summed E-state index contributed by atoms with van der Waals surface area (Å²) in [6, 6.07) is 6.63. The van der Waals surface area contributed by atoms with E-state index in [9.17, 15) is 13.2 Å². The number of aryl methyl sites for hydroxylation is 1. The van der Waals surface area contributed by atoms with E-state index in [0.29, 0.717) is 11.1 Å². The second kappa shape index (κ2) is 8.14. The fourth-order valence-corrected chi connectivity index (χ4v) is 3.61. The third kappa shape index (κ3) is 4.60. The van der Waals surface area contributed by atoms with Gasteiger partial charge in [0, 0.05) is 24.4 Å². The standard InChI is InChI=1S/C17H18N6O5S/c1-23-10-11(9-18-23)12-6-4-5-7-13(12)29(25,26)22-17(24)21-16-19-14(27-2)8-15(20-16)28-3/h4-10H,1-3H3,(H2,19,20,21,22,24). The molecule has 0 bridgehead atoms. The maximum atomic E-state index is 12.8. The van der Waals surface area contributed by atoms with E-state index in [-0.39, 0.29) is 22.6 Å². The van der Waals surface area contributed by atoms with E-state index >= 15 is 0 Å².